The number of amides is 1. The van der Waals surface area contributed by atoms with Crippen molar-refractivity contribution in [3.05, 3.63) is 91.6 Å². The summed E-state index contributed by atoms with van der Waals surface area (Å²) in [5, 5.41) is 9.83. The van der Waals surface area contributed by atoms with Gasteiger partial charge in [0.05, 0.1) is 11.4 Å². The van der Waals surface area contributed by atoms with E-state index in [1.165, 1.54) is 17.3 Å². The first-order valence-corrected chi connectivity index (χ1v) is 15.1. The Labute approximate surface area is 254 Å². The number of carbonyl (C=O) groups excluding carboxylic acids is 1. The number of fused-ring (bicyclic) bond motifs is 1. The predicted molar refractivity (Wildman–Crippen MR) is 167 cm³/mol. The maximum absolute atomic E-state index is 13.6. The van der Waals surface area contributed by atoms with Gasteiger partial charge >= 0.3 is 0 Å². The number of piperidine rings is 1. The highest BCUT2D eigenvalue weighted by Gasteiger charge is 2.34. The van der Waals surface area contributed by atoms with Gasteiger partial charge < -0.3 is 14.4 Å². The number of thioether (sulfide) groups is 1. The number of ether oxygens (including phenoxy) is 2. The Kier molecular flexibility index (Phi) is 7.80. The minimum atomic E-state index is -0.330. The minimum Gasteiger partial charge on any atom is -0.454 e. The van der Waals surface area contributed by atoms with E-state index in [1.807, 2.05) is 24.3 Å². The molecule has 4 heterocycles. The first-order chi connectivity index (χ1) is 20.3. The lowest BCUT2D eigenvalue weighted by Crippen LogP contribution is -2.39. The van der Waals surface area contributed by atoms with Crippen LogP contribution in [0.2, 0.25) is 0 Å². The van der Waals surface area contributed by atoms with Crippen LogP contribution in [0.5, 0.6) is 11.5 Å². The summed E-state index contributed by atoms with van der Waals surface area (Å²) in [6.45, 7) is 3.82. The Morgan fingerprint density at radius 2 is 1.81 bits per heavy atom. The standard InChI is InChI=1S/C32H30N4O4S2/c1-20-24(16-28-31(38)36(32(41)42-28)18-23-8-9-26-27(15-23)40-19-39-26)29(34(2)30(37)25(20)17-33)35-12-10-22(11-13-35)14-21-6-4-3-5-7-21/h3-9,15-16,22H,10-14,18-19H2,1-2H3. The Balaban J connectivity index is 1.28. The Hall–Kier alpha value is -4.07. The van der Waals surface area contributed by atoms with E-state index < -0.39 is 0 Å². The van der Waals surface area contributed by atoms with Gasteiger partial charge in [-0.15, -0.1) is 0 Å². The van der Waals surface area contributed by atoms with Crippen LogP contribution in [0.15, 0.2) is 58.2 Å². The zero-order valence-corrected chi connectivity index (χ0v) is 25.1. The maximum Gasteiger partial charge on any atom is 0.270 e. The molecular formula is C32H30N4O4S2. The van der Waals surface area contributed by atoms with Gasteiger partial charge in [-0.05, 0) is 67.0 Å². The molecule has 214 valence electrons. The van der Waals surface area contributed by atoms with Gasteiger partial charge in [-0.1, -0.05) is 60.4 Å². The van der Waals surface area contributed by atoms with Gasteiger partial charge in [-0.25, -0.2) is 0 Å². The molecule has 0 unspecified atom stereocenters. The van der Waals surface area contributed by atoms with Crippen LogP contribution in [-0.2, 0) is 24.8 Å². The molecule has 3 aliphatic heterocycles. The zero-order valence-electron chi connectivity index (χ0n) is 23.5. The van der Waals surface area contributed by atoms with Gasteiger partial charge in [-0.2, -0.15) is 5.26 Å². The molecule has 0 spiro atoms. The largest absolute Gasteiger partial charge is 0.454 e. The average molecular weight is 599 g/mol. The van der Waals surface area contributed by atoms with Crippen LogP contribution in [-0.4, -0.2) is 39.6 Å². The van der Waals surface area contributed by atoms with Crippen molar-refractivity contribution in [3.8, 4) is 17.6 Å². The Morgan fingerprint density at radius 3 is 2.55 bits per heavy atom. The van der Waals surface area contributed by atoms with Crippen LogP contribution in [0.25, 0.3) is 6.08 Å². The number of nitrogens with zero attached hydrogens (tertiary/aromatic N) is 4. The van der Waals surface area contributed by atoms with Crippen molar-refractivity contribution in [2.24, 2.45) is 13.0 Å². The molecule has 1 aromatic heterocycles. The maximum atomic E-state index is 13.6. The summed E-state index contributed by atoms with van der Waals surface area (Å²) in [5.74, 6) is 2.41. The first-order valence-electron chi connectivity index (χ1n) is 13.9. The summed E-state index contributed by atoms with van der Waals surface area (Å²) >= 11 is 6.85. The van der Waals surface area contributed by atoms with Gasteiger partial charge in [0.1, 0.15) is 21.8 Å². The van der Waals surface area contributed by atoms with Gasteiger partial charge in [0.2, 0.25) is 6.79 Å². The van der Waals surface area contributed by atoms with Crippen molar-refractivity contribution in [1.82, 2.24) is 9.47 Å². The van der Waals surface area contributed by atoms with E-state index >= 15 is 0 Å². The van der Waals surface area contributed by atoms with E-state index in [0.29, 0.717) is 44.3 Å². The van der Waals surface area contributed by atoms with E-state index in [9.17, 15) is 14.9 Å². The lowest BCUT2D eigenvalue weighted by molar-refractivity contribution is -0.122. The average Bonchev–Trinajstić information content (AvgIpc) is 3.57. The number of pyridine rings is 1. The highest BCUT2D eigenvalue weighted by Crippen LogP contribution is 2.38. The molecule has 0 N–H and O–H groups in total. The molecule has 3 aromatic rings. The normalized spacial score (nSPS) is 17.8. The second kappa shape index (κ2) is 11.7. The van der Waals surface area contributed by atoms with Crippen LogP contribution in [0.1, 0.15) is 40.7 Å². The number of aromatic nitrogens is 1. The predicted octanol–water partition coefficient (Wildman–Crippen LogP) is 5.15. The Bertz CT molecular complexity index is 1700. The number of benzene rings is 2. The molecule has 42 heavy (non-hydrogen) atoms. The van der Waals surface area contributed by atoms with Crippen molar-refractivity contribution in [1.29, 1.82) is 5.26 Å². The quantitative estimate of drug-likeness (QED) is 0.284. The molecule has 3 aliphatic rings. The van der Waals surface area contributed by atoms with Crippen LogP contribution in [0.4, 0.5) is 5.82 Å². The fourth-order valence-corrected chi connectivity index (χ4v) is 7.12. The van der Waals surface area contributed by atoms with Crippen LogP contribution in [0, 0.1) is 24.2 Å². The molecule has 0 aliphatic carbocycles. The molecule has 0 bridgehead atoms. The van der Waals surface area contributed by atoms with E-state index in [1.54, 1.807) is 29.5 Å². The minimum absolute atomic E-state index is 0.0855. The number of anilines is 1. The number of hydrogen-bond donors (Lipinski definition) is 0. The lowest BCUT2D eigenvalue weighted by Gasteiger charge is -2.36. The molecule has 8 nitrogen and oxygen atoms in total. The van der Waals surface area contributed by atoms with Crippen molar-refractivity contribution >= 4 is 46.1 Å². The number of nitriles is 1. The summed E-state index contributed by atoms with van der Waals surface area (Å²) in [5.41, 5.74) is 3.25. The molecule has 2 saturated heterocycles. The van der Waals surface area contributed by atoms with Gasteiger partial charge in [0.25, 0.3) is 11.5 Å². The van der Waals surface area contributed by atoms with Gasteiger partial charge in [0.15, 0.2) is 11.5 Å². The first kappa shape index (κ1) is 28.1. The molecule has 6 rings (SSSR count). The third-order valence-electron chi connectivity index (χ3n) is 8.18. The number of hydrogen-bond acceptors (Lipinski definition) is 8. The van der Waals surface area contributed by atoms with Gasteiger partial charge in [-0.3, -0.25) is 19.1 Å². The molecule has 10 heteroatoms. The number of carbonyl (C=O) groups is 1. The summed E-state index contributed by atoms with van der Waals surface area (Å²) < 4.78 is 12.9. The third-order valence-corrected chi connectivity index (χ3v) is 9.55. The van der Waals surface area contributed by atoms with E-state index in [0.717, 1.165) is 43.7 Å². The highest BCUT2D eigenvalue weighted by molar-refractivity contribution is 8.26. The second-order valence-electron chi connectivity index (χ2n) is 10.8. The SMILES string of the molecule is Cc1c(C=C2SC(=S)N(Cc3ccc4c(c3)OCO4)C2=O)c(N2CCC(Cc3ccccc3)CC2)n(C)c(=O)c1C#N. The second-order valence-corrected chi connectivity index (χ2v) is 12.5. The fraction of sp³-hybridized carbons (Fsp3) is 0.312. The third kappa shape index (κ3) is 5.30. The Morgan fingerprint density at radius 1 is 1.07 bits per heavy atom. The smallest absolute Gasteiger partial charge is 0.270 e. The van der Waals surface area contributed by atoms with Crippen LogP contribution >= 0.6 is 24.0 Å². The van der Waals surface area contributed by atoms with Crippen LogP contribution in [0.3, 0.4) is 0 Å². The summed E-state index contributed by atoms with van der Waals surface area (Å²) in [4.78, 5) is 31.1. The fourth-order valence-electron chi connectivity index (χ4n) is 5.88. The lowest BCUT2D eigenvalue weighted by atomic mass is 9.90. The topological polar surface area (TPSA) is 87.8 Å². The number of rotatable bonds is 6. The summed E-state index contributed by atoms with van der Waals surface area (Å²) in [7, 11) is 1.70. The summed E-state index contributed by atoms with van der Waals surface area (Å²) in [6.07, 6.45) is 4.80. The molecular weight excluding hydrogens is 569 g/mol. The zero-order chi connectivity index (χ0) is 29.4. The van der Waals surface area contributed by atoms with E-state index in [-0.39, 0.29) is 23.8 Å². The molecule has 2 fully saturated rings. The van der Waals surface area contributed by atoms with Gasteiger partial charge in [0, 0.05) is 25.7 Å². The van der Waals surface area contributed by atoms with Crippen molar-refractivity contribution in [3.63, 3.8) is 0 Å². The highest BCUT2D eigenvalue weighted by atomic mass is 32.2. The van der Waals surface area contributed by atoms with Crippen molar-refractivity contribution in [2.45, 2.75) is 32.7 Å². The molecule has 0 atom stereocenters. The van der Waals surface area contributed by atoms with E-state index in [2.05, 4.69) is 35.2 Å². The van der Waals surface area contributed by atoms with E-state index in [4.69, 9.17) is 21.7 Å². The number of thiocarbonyl (C=S) groups is 1. The van der Waals surface area contributed by atoms with Crippen molar-refractivity contribution in [2.75, 3.05) is 24.8 Å². The summed E-state index contributed by atoms with van der Waals surface area (Å²) in [6, 6.07) is 18.2. The molecule has 2 aromatic carbocycles. The molecule has 1 amide bonds. The molecule has 0 saturated carbocycles. The monoisotopic (exact) mass is 598 g/mol. The van der Waals surface area contributed by atoms with Crippen LogP contribution < -0.4 is 19.9 Å². The van der Waals surface area contributed by atoms with Crippen molar-refractivity contribution < 1.29 is 14.3 Å². The molecule has 0 radical (unpaired) electrons.